The molecule has 2 unspecified atom stereocenters. The Labute approximate surface area is 76.1 Å². The van der Waals surface area contributed by atoms with E-state index >= 15 is 0 Å². The lowest BCUT2D eigenvalue weighted by Crippen LogP contribution is -2.36. The van der Waals surface area contributed by atoms with Gasteiger partial charge in [0.2, 0.25) is 0 Å². The van der Waals surface area contributed by atoms with Crippen molar-refractivity contribution in [1.82, 2.24) is 10.6 Å². The smallest absolute Gasteiger partial charge is 0.00820 e. The first-order valence-electron chi connectivity index (χ1n) is 5.29. The molecule has 1 rings (SSSR count). The maximum absolute atomic E-state index is 3.67. The Balaban J connectivity index is 2.20. The van der Waals surface area contributed by atoms with Crippen molar-refractivity contribution in [1.29, 1.82) is 0 Å². The second-order valence-corrected chi connectivity index (χ2v) is 3.85. The Hall–Kier alpha value is -0.0800. The molecule has 0 aromatic heterocycles. The first kappa shape index (κ1) is 10.0. The molecule has 2 atom stereocenters. The predicted octanol–water partition coefficient (Wildman–Crippen LogP) is 1.52. The molecule has 0 spiro atoms. The number of hydrogen-bond donors (Lipinski definition) is 2. The van der Waals surface area contributed by atoms with Gasteiger partial charge >= 0.3 is 0 Å². The van der Waals surface area contributed by atoms with E-state index in [2.05, 4.69) is 24.5 Å². The van der Waals surface area contributed by atoms with Crippen molar-refractivity contribution in [3.8, 4) is 0 Å². The number of rotatable bonds is 3. The topological polar surface area (TPSA) is 24.1 Å². The van der Waals surface area contributed by atoms with Crippen LogP contribution < -0.4 is 10.6 Å². The van der Waals surface area contributed by atoms with Gasteiger partial charge < -0.3 is 10.6 Å². The van der Waals surface area contributed by atoms with Crippen LogP contribution in [-0.2, 0) is 0 Å². The van der Waals surface area contributed by atoms with Crippen LogP contribution in [0.2, 0.25) is 0 Å². The summed E-state index contributed by atoms with van der Waals surface area (Å²) >= 11 is 0. The average molecular weight is 170 g/mol. The van der Waals surface area contributed by atoms with E-state index in [1.54, 1.807) is 0 Å². The van der Waals surface area contributed by atoms with Gasteiger partial charge in [-0.15, -0.1) is 0 Å². The van der Waals surface area contributed by atoms with Gasteiger partial charge in [-0.3, -0.25) is 0 Å². The summed E-state index contributed by atoms with van der Waals surface area (Å²) in [6, 6.07) is 1.45. The van der Waals surface area contributed by atoms with E-state index in [0.717, 1.165) is 6.04 Å². The van der Waals surface area contributed by atoms with E-state index in [9.17, 15) is 0 Å². The second kappa shape index (κ2) is 5.55. The Morgan fingerprint density at radius 1 is 1.42 bits per heavy atom. The van der Waals surface area contributed by atoms with Crippen molar-refractivity contribution in [2.24, 2.45) is 0 Å². The molecule has 2 heteroatoms. The van der Waals surface area contributed by atoms with Gasteiger partial charge in [-0.05, 0) is 45.7 Å². The van der Waals surface area contributed by atoms with E-state index in [0.29, 0.717) is 6.04 Å². The van der Waals surface area contributed by atoms with Crippen LogP contribution >= 0.6 is 0 Å². The molecule has 0 bridgehead atoms. The Bertz CT molecular complexity index is 106. The largest absolute Gasteiger partial charge is 0.317 e. The molecule has 1 heterocycles. The van der Waals surface area contributed by atoms with Crippen LogP contribution in [0.5, 0.6) is 0 Å². The molecule has 12 heavy (non-hydrogen) atoms. The van der Waals surface area contributed by atoms with Crippen molar-refractivity contribution in [3.05, 3.63) is 0 Å². The highest BCUT2D eigenvalue weighted by Gasteiger charge is 2.12. The van der Waals surface area contributed by atoms with Crippen LogP contribution in [0.1, 0.15) is 39.5 Å². The van der Waals surface area contributed by atoms with Gasteiger partial charge in [0.05, 0.1) is 0 Å². The lowest BCUT2D eigenvalue weighted by molar-refractivity contribution is 0.407. The fourth-order valence-electron chi connectivity index (χ4n) is 1.71. The molecule has 1 saturated heterocycles. The van der Waals surface area contributed by atoms with Crippen molar-refractivity contribution < 1.29 is 0 Å². The summed E-state index contributed by atoms with van der Waals surface area (Å²) in [7, 11) is 0. The van der Waals surface area contributed by atoms with Crippen LogP contribution in [0.15, 0.2) is 0 Å². The minimum atomic E-state index is 0.688. The molecule has 1 aliphatic heterocycles. The highest BCUT2D eigenvalue weighted by Crippen LogP contribution is 2.06. The number of nitrogens with one attached hydrogen (secondary N) is 2. The Morgan fingerprint density at radius 3 is 3.00 bits per heavy atom. The Kier molecular flexibility index (Phi) is 4.62. The second-order valence-electron chi connectivity index (χ2n) is 3.85. The standard InChI is InChI=1S/C10H22N2/c1-3-9(2)12-10-5-4-7-11-8-6-10/h9-12H,3-8H2,1-2H3. The molecule has 0 saturated carbocycles. The molecule has 0 amide bonds. The lowest BCUT2D eigenvalue weighted by Gasteiger charge is -2.20. The summed E-state index contributed by atoms with van der Waals surface area (Å²) in [6.07, 6.45) is 5.21. The molecular formula is C10H22N2. The third kappa shape index (κ3) is 3.55. The molecule has 1 aliphatic rings. The predicted molar refractivity (Wildman–Crippen MR) is 53.4 cm³/mol. The monoisotopic (exact) mass is 170 g/mol. The highest BCUT2D eigenvalue weighted by atomic mass is 15.0. The van der Waals surface area contributed by atoms with Crippen molar-refractivity contribution >= 4 is 0 Å². The van der Waals surface area contributed by atoms with Gasteiger partial charge in [-0.2, -0.15) is 0 Å². The average Bonchev–Trinajstić information content (AvgIpc) is 2.33. The molecular weight excluding hydrogens is 148 g/mol. The summed E-state index contributed by atoms with van der Waals surface area (Å²) in [5.74, 6) is 0. The van der Waals surface area contributed by atoms with E-state index in [1.807, 2.05) is 0 Å². The van der Waals surface area contributed by atoms with Crippen molar-refractivity contribution in [3.63, 3.8) is 0 Å². The Morgan fingerprint density at radius 2 is 2.25 bits per heavy atom. The van der Waals surface area contributed by atoms with Gasteiger partial charge in [0.1, 0.15) is 0 Å². The molecule has 2 N–H and O–H groups in total. The highest BCUT2D eigenvalue weighted by molar-refractivity contribution is 4.74. The molecule has 0 aromatic carbocycles. The van der Waals surface area contributed by atoms with Gasteiger partial charge in [0.15, 0.2) is 0 Å². The van der Waals surface area contributed by atoms with E-state index in [1.165, 1.54) is 38.8 Å². The van der Waals surface area contributed by atoms with Gasteiger partial charge in [0.25, 0.3) is 0 Å². The molecule has 2 nitrogen and oxygen atoms in total. The summed E-state index contributed by atoms with van der Waals surface area (Å²) in [5, 5.41) is 7.10. The summed E-state index contributed by atoms with van der Waals surface area (Å²) < 4.78 is 0. The fraction of sp³-hybridized carbons (Fsp3) is 1.00. The van der Waals surface area contributed by atoms with Crippen LogP contribution in [-0.4, -0.2) is 25.2 Å². The van der Waals surface area contributed by atoms with Crippen molar-refractivity contribution in [2.75, 3.05) is 13.1 Å². The van der Waals surface area contributed by atoms with Gasteiger partial charge in [0, 0.05) is 12.1 Å². The fourth-order valence-corrected chi connectivity index (χ4v) is 1.71. The van der Waals surface area contributed by atoms with Crippen LogP contribution in [0, 0.1) is 0 Å². The maximum atomic E-state index is 3.67. The SMILES string of the molecule is CCC(C)NC1CCCNCC1. The maximum Gasteiger partial charge on any atom is 0.00820 e. The van der Waals surface area contributed by atoms with Gasteiger partial charge in [-0.25, -0.2) is 0 Å². The van der Waals surface area contributed by atoms with Crippen molar-refractivity contribution in [2.45, 2.75) is 51.6 Å². The zero-order valence-corrected chi connectivity index (χ0v) is 8.40. The first-order chi connectivity index (χ1) is 5.83. The van der Waals surface area contributed by atoms with E-state index in [-0.39, 0.29) is 0 Å². The normalized spacial score (nSPS) is 28.0. The van der Waals surface area contributed by atoms with E-state index < -0.39 is 0 Å². The zero-order chi connectivity index (χ0) is 8.81. The minimum absolute atomic E-state index is 0.688. The first-order valence-corrected chi connectivity index (χ1v) is 5.29. The number of hydrogen-bond acceptors (Lipinski definition) is 2. The third-order valence-electron chi connectivity index (χ3n) is 2.71. The molecule has 1 fully saturated rings. The summed E-state index contributed by atoms with van der Waals surface area (Å²) in [4.78, 5) is 0. The molecule has 0 aliphatic carbocycles. The minimum Gasteiger partial charge on any atom is -0.317 e. The lowest BCUT2D eigenvalue weighted by atomic mass is 10.1. The van der Waals surface area contributed by atoms with Crippen LogP contribution in [0.25, 0.3) is 0 Å². The van der Waals surface area contributed by atoms with E-state index in [4.69, 9.17) is 0 Å². The molecule has 0 radical (unpaired) electrons. The molecule has 0 aromatic rings. The third-order valence-corrected chi connectivity index (χ3v) is 2.71. The molecule has 72 valence electrons. The van der Waals surface area contributed by atoms with Crippen LogP contribution in [0.3, 0.4) is 0 Å². The summed E-state index contributed by atoms with van der Waals surface area (Å²) in [5.41, 5.74) is 0. The van der Waals surface area contributed by atoms with Crippen LogP contribution in [0.4, 0.5) is 0 Å². The summed E-state index contributed by atoms with van der Waals surface area (Å²) in [6.45, 7) is 6.91. The quantitative estimate of drug-likeness (QED) is 0.671. The zero-order valence-electron chi connectivity index (χ0n) is 8.40. The van der Waals surface area contributed by atoms with Gasteiger partial charge in [-0.1, -0.05) is 6.92 Å².